The molecule has 0 aliphatic carbocycles. The monoisotopic (exact) mass is 525 g/mol. The van der Waals surface area contributed by atoms with Gasteiger partial charge >= 0.3 is 6.18 Å². The number of nitrogens with zero attached hydrogens (tertiary/aromatic N) is 5. The molecule has 0 amide bonds. The number of hydrogen-bond acceptors (Lipinski definition) is 6. The van der Waals surface area contributed by atoms with Gasteiger partial charge in [-0.3, -0.25) is 4.79 Å². The van der Waals surface area contributed by atoms with Crippen molar-refractivity contribution in [1.82, 2.24) is 24.6 Å². The van der Waals surface area contributed by atoms with Gasteiger partial charge in [-0.05, 0) is 68.3 Å². The lowest BCUT2D eigenvalue weighted by molar-refractivity contribution is -0.144. The van der Waals surface area contributed by atoms with E-state index in [-0.39, 0.29) is 28.2 Å². The third kappa shape index (κ3) is 4.72. The van der Waals surface area contributed by atoms with Gasteiger partial charge in [-0.15, -0.1) is 0 Å². The maximum Gasteiger partial charge on any atom is 0.408 e. The van der Waals surface area contributed by atoms with Crippen molar-refractivity contribution in [1.29, 1.82) is 5.26 Å². The molecule has 3 heterocycles. The zero-order chi connectivity index (χ0) is 27.2. The minimum absolute atomic E-state index is 0.0266. The molecule has 196 valence electrons. The number of halogens is 4. The quantitative estimate of drug-likeness (QED) is 0.373. The summed E-state index contributed by atoms with van der Waals surface area (Å²) < 4.78 is 56.6. The van der Waals surface area contributed by atoms with Crippen molar-refractivity contribution >= 4 is 22.7 Å². The van der Waals surface area contributed by atoms with Crippen molar-refractivity contribution in [2.24, 2.45) is 0 Å². The first-order valence-corrected chi connectivity index (χ1v) is 11.8. The standard InChI is InChI=1S/C26H23F4N7O/c1-25(2,13-31)20-10-18(5-6-21(20)27)37-22-19(23(38)36(37)14-26(28,29)30)12-33-24(35-22)34-17-4-3-16-11-32-8-7-15(16)9-17/h3-6,9-10,12,32H,7-8,11,14H2,1-2H3,(H,33,34,35). The highest BCUT2D eigenvalue weighted by Crippen LogP contribution is 2.29. The van der Waals surface area contributed by atoms with Gasteiger partial charge in [-0.25, -0.2) is 18.7 Å². The Morgan fingerprint density at radius 3 is 2.68 bits per heavy atom. The highest BCUT2D eigenvalue weighted by atomic mass is 19.4. The van der Waals surface area contributed by atoms with Gasteiger partial charge in [0, 0.05) is 24.0 Å². The number of alkyl halides is 3. The van der Waals surface area contributed by atoms with Crippen molar-refractivity contribution in [2.45, 2.75) is 44.9 Å². The Kier molecular flexibility index (Phi) is 6.19. The highest BCUT2D eigenvalue weighted by molar-refractivity contribution is 5.77. The van der Waals surface area contributed by atoms with Crippen molar-refractivity contribution in [2.75, 3.05) is 11.9 Å². The van der Waals surface area contributed by atoms with Crippen LogP contribution < -0.4 is 16.2 Å². The molecular weight excluding hydrogens is 502 g/mol. The third-order valence-corrected chi connectivity index (χ3v) is 6.50. The first-order chi connectivity index (χ1) is 18.0. The number of nitriles is 1. The molecule has 1 aliphatic rings. The Morgan fingerprint density at radius 1 is 1.16 bits per heavy atom. The molecule has 0 saturated heterocycles. The molecule has 5 rings (SSSR count). The van der Waals surface area contributed by atoms with Crippen LogP contribution in [-0.4, -0.2) is 32.1 Å². The second-order valence-corrected chi connectivity index (χ2v) is 9.66. The molecule has 0 spiro atoms. The first-order valence-electron chi connectivity index (χ1n) is 11.8. The summed E-state index contributed by atoms with van der Waals surface area (Å²) in [7, 11) is 0. The van der Waals surface area contributed by atoms with Crippen molar-refractivity contribution in [3.05, 3.63) is 75.5 Å². The predicted octanol–water partition coefficient (Wildman–Crippen LogP) is 4.47. The zero-order valence-corrected chi connectivity index (χ0v) is 20.5. The van der Waals surface area contributed by atoms with Crippen molar-refractivity contribution in [3.63, 3.8) is 0 Å². The Balaban J connectivity index is 1.67. The van der Waals surface area contributed by atoms with Gasteiger partial charge in [0.2, 0.25) is 5.95 Å². The number of nitrogens with one attached hydrogen (secondary N) is 2. The van der Waals surface area contributed by atoms with Gasteiger partial charge in [-0.2, -0.15) is 23.4 Å². The number of benzene rings is 2. The van der Waals surface area contributed by atoms with Crippen molar-refractivity contribution in [3.8, 4) is 11.8 Å². The third-order valence-electron chi connectivity index (χ3n) is 6.50. The minimum Gasteiger partial charge on any atom is -0.324 e. The van der Waals surface area contributed by atoms with E-state index >= 15 is 0 Å². The molecular formula is C26H23F4N7O. The summed E-state index contributed by atoms with van der Waals surface area (Å²) in [5.74, 6) is -0.620. The first kappa shape index (κ1) is 25.4. The molecule has 2 N–H and O–H groups in total. The Bertz CT molecular complexity index is 1650. The molecule has 0 radical (unpaired) electrons. The maximum absolute atomic E-state index is 14.6. The fourth-order valence-corrected chi connectivity index (χ4v) is 4.53. The molecule has 2 aromatic heterocycles. The summed E-state index contributed by atoms with van der Waals surface area (Å²) in [4.78, 5) is 21.6. The van der Waals surface area contributed by atoms with Crippen LogP contribution in [-0.2, 0) is 24.9 Å². The number of aromatic nitrogens is 4. The molecule has 38 heavy (non-hydrogen) atoms. The summed E-state index contributed by atoms with van der Waals surface area (Å²) in [6, 6.07) is 11.3. The van der Waals surface area contributed by atoms with Crippen LogP contribution in [0.15, 0.2) is 47.4 Å². The molecule has 0 atom stereocenters. The molecule has 4 aromatic rings. The van der Waals surface area contributed by atoms with E-state index < -0.39 is 29.5 Å². The summed E-state index contributed by atoms with van der Waals surface area (Å²) in [6.45, 7) is 2.99. The number of rotatable bonds is 5. The van der Waals surface area contributed by atoms with Crippen LogP contribution in [0.2, 0.25) is 0 Å². The molecule has 0 saturated carbocycles. The molecule has 0 bridgehead atoms. The molecule has 1 aliphatic heterocycles. The fourth-order valence-electron chi connectivity index (χ4n) is 4.53. The van der Waals surface area contributed by atoms with E-state index in [0.717, 1.165) is 35.8 Å². The lowest BCUT2D eigenvalue weighted by Gasteiger charge is -2.20. The molecule has 8 nitrogen and oxygen atoms in total. The van der Waals surface area contributed by atoms with Crippen LogP contribution in [0.5, 0.6) is 0 Å². The fraction of sp³-hybridized carbons (Fsp3) is 0.308. The van der Waals surface area contributed by atoms with Crippen LogP contribution in [0, 0.1) is 17.1 Å². The predicted molar refractivity (Wildman–Crippen MR) is 133 cm³/mol. The van der Waals surface area contributed by atoms with Gasteiger partial charge in [0.1, 0.15) is 17.7 Å². The van der Waals surface area contributed by atoms with Crippen LogP contribution in [0.1, 0.15) is 30.5 Å². The summed E-state index contributed by atoms with van der Waals surface area (Å²) >= 11 is 0. The number of hydrogen-bond donors (Lipinski definition) is 2. The second-order valence-electron chi connectivity index (χ2n) is 9.66. The molecule has 2 aromatic carbocycles. The van der Waals surface area contributed by atoms with Gasteiger partial charge in [0.05, 0.1) is 17.2 Å². The van der Waals surface area contributed by atoms with Crippen LogP contribution >= 0.6 is 0 Å². The molecule has 12 heteroatoms. The zero-order valence-electron chi connectivity index (χ0n) is 20.5. The normalized spacial score (nSPS) is 13.8. The average molecular weight is 526 g/mol. The van der Waals surface area contributed by atoms with Gasteiger partial charge < -0.3 is 10.6 Å². The van der Waals surface area contributed by atoms with Crippen LogP contribution in [0.25, 0.3) is 16.7 Å². The van der Waals surface area contributed by atoms with Gasteiger partial charge in [0.15, 0.2) is 5.65 Å². The molecule has 0 unspecified atom stereocenters. The largest absolute Gasteiger partial charge is 0.408 e. The van der Waals surface area contributed by atoms with Crippen LogP contribution in [0.3, 0.4) is 0 Å². The van der Waals surface area contributed by atoms with E-state index in [1.165, 1.54) is 37.7 Å². The van der Waals surface area contributed by atoms with E-state index in [0.29, 0.717) is 10.4 Å². The second kappa shape index (κ2) is 9.25. The Labute approximate surface area is 214 Å². The minimum atomic E-state index is -4.72. The van der Waals surface area contributed by atoms with Crippen molar-refractivity contribution < 1.29 is 17.6 Å². The summed E-state index contributed by atoms with van der Waals surface area (Å²) in [6.07, 6.45) is -2.71. The summed E-state index contributed by atoms with van der Waals surface area (Å²) in [5.41, 5.74) is 0.719. The SMILES string of the molecule is CC(C)(C#N)c1cc(-n2c3nc(Nc4ccc5c(c4)CCNC5)ncc3c(=O)n2CC(F)(F)F)ccc1F. The Hall–Kier alpha value is -4.24. The van der Waals surface area contributed by atoms with E-state index in [1.54, 1.807) is 0 Å². The lowest BCUT2D eigenvalue weighted by atomic mass is 9.86. The highest BCUT2D eigenvalue weighted by Gasteiger charge is 2.32. The lowest BCUT2D eigenvalue weighted by Crippen LogP contribution is -2.30. The van der Waals surface area contributed by atoms with E-state index in [1.807, 2.05) is 24.3 Å². The smallest absolute Gasteiger partial charge is 0.324 e. The number of anilines is 2. The van der Waals surface area contributed by atoms with E-state index in [9.17, 15) is 27.6 Å². The number of fused-ring (bicyclic) bond motifs is 2. The van der Waals surface area contributed by atoms with E-state index in [4.69, 9.17) is 0 Å². The summed E-state index contributed by atoms with van der Waals surface area (Å²) in [5, 5.41) is 15.7. The maximum atomic E-state index is 14.6. The molecule has 0 fully saturated rings. The Morgan fingerprint density at radius 2 is 1.95 bits per heavy atom. The van der Waals surface area contributed by atoms with Gasteiger partial charge in [0.25, 0.3) is 5.56 Å². The van der Waals surface area contributed by atoms with Crippen LogP contribution in [0.4, 0.5) is 29.2 Å². The average Bonchev–Trinajstić information content (AvgIpc) is 3.13. The topological polar surface area (TPSA) is 101 Å². The van der Waals surface area contributed by atoms with Gasteiger partial charge in [-0.1, -0.05) is 6.07 Å². The van der Waals surface area contributed by atoms with E-state index in [2.05, 4.69) is 20.6 Å².